The zero-order valence-corrected chi connectivity index (χ0v) is 13.9. The molecule has 1 aliphatic heterocycles. The molecule has 0 aromatic heterocycles. The minimum atomic E-state index is -0.0439. The highest BCUT2D eigenvalue weighted by Crippen LogP contribution is 2.25. The molecule has 0 bridgehead atoms. The Morgan fingerprint density at radius 1 is 1.36 bits per heavy atom. The number of piperidine rings is 1. The topological polar surface area (TPSA) is 42.3 Å². The van der Waals surface area contributed by atoms with E-state index in [2.05, 4.69) is 40.9 Å². The maximum atomic E-state index is 12.0. The number of rotatable bonds is 6. The minimum absolute atomic E-state index is 0.0116. The molecular formula is C18H28NO3+. The first-order chi connectivity index (χ1) is 10.6. The maximum absolute atomic E-state index is 12.0. The van der Waals surface area contributed by atoms with Crippen molar-refractivity contribution in [2.24, 2.45) is 11.8 Å². The summed E-state index contributed by atoms with van der Waals surface area (Å²) in [7, 11) is 3.93. The van der Waals surface area contributed by atoms with Crippen molar-refractivity contribution in [3.8, 4) is 0 Å². The summed E-state index contributed by atoms with van der Waals surface area (Å²) in [4.78, 5) is 14.3. The summed E-state index contributed by atoms with van der Waals surface area (Å²) >= 11 is 0. The summed E-state index contributed by atoms with van der Waals surface area (Å²) < 4.78 is 9.39. The molecule has 1 aromatic carbocycles. The molecule has 0 spiro atoms. The van der Waals surface area contributed by atoms with Crippen LogP contribution < -0.4 is 0 Å². The fraction of sp³-hybridized carbons (Fsp3) is 0.611. The molecule has 4 heteroatoms. The lowest BCUT2D eigenvalue weighted by molar-refractivity contribution is -0.150. The Balaban J connectivity index is 1.99. The van der Waals surface area contributed by atoms with Gasteiger partial charge in [0.15, 0.2) is 6.61 Å². The van der Waals surface area contributed by atoms with Crippen molar-refractivity contribution in [2.45, 2.75) is 26.4 Å². The summed E-state index contributed by atoms with van der Waals surface area (Å²) in [6, 6.07) is 8.63. The van der Waals surface area contributed by atoms with Crippen LogP contribution >= 0.6 is 0 Å². The van der Waals surface area contributed by atoms with Gasteiger partial charge in [0.1, 0.15) is 7.11 Å². The van der Waals surface area contributed by atoms with Gasteiger partial charge in [-0.15, -0.1) is 0 Å². The first-order valence-corrected chi connectivity index (χ1v) is 8.11. The predicted octanol–water partition coefficient (Wildman–Crippen LogP) is 2.02. The van der Waals surface area contributed by atoms with E-state index in [0.29, 0.717) is 12.5 Å². The van der Waals surface area contributed by atoms with Gasteiger partial charge in [0.25, 0.3) is 0 Å². The molecule has 1 N–H and O–H groups in total. The van der Waals surface area contributed by atoms with E-state index >= 15 is 0 Å². The number of benzene rings is 1. The van der Waals surface area contributed by atoms with Gasteiger partial charge in [-0.25, -0.2) is 0 Å². The highest BCUT2D eigenvalue weighted by Gasteiger charge is 2.30. The van der Waals surface area contributed by atoms with E-state index in [1.807, 2.05) is 14.0 Å². The Hall–Kier alpha value is -1.39. The van der Waals surface area contributed by atoms with Crippen molar-refractivity contribution in [3.05, 3.63) is 35.4 Å². The van der Waals surface area contributed by atoms with Crippen LogP contribution in [0.3, 0.4) is 0 Å². The molecule has 1 fully saturated rings. The van der Waals surface area contributed by atoms with Crippen LogP contribution in [0.25, 0.3) is 0 Å². The van der Waals surface area contributed by atoms with E-state index in [-0.39, 0.29) is 11.9 Å². The fourth-order valence-electron chi connectivity index (χ4n) is 3.39. The van der Waals surface area contributed by atoms with Crippen LogP contribution in [-0.2, 0) is 22.6 Å². The van der Waals surface area contributed by atoms with Gasteiger partial charge in [-0.2, -0.15) is 0 Å². The normalized spacial score (nSPS) is 22.5. The molecule has 22 heavy (non-hydrogen) atoms. The highest BCUT2D eigenvalue weighted by atomic mass is 16.5. The van der Waals surface area contributed by atoms with Gasteiger partial charge >= 0.3 is 5.97 Å². The first kappa shape index (κ1) is 17.0. The van der Waals surface area contributed by atoms with Crippen molar-refractivity contribution < 1.29 is 14.3 Å². The van der Waals surface area contributed by atoms with Crippen LogP contribution in [0.5, 0.6) is 0 Å². The van der Waals surface area contributed by atoms with Crippen molar-refractivity contribution in [3.63, 3.8) is 0 Å². The van der Waals surface area contributed by atoms with E-state index in [1.165, 1.54) is 11.1 Å². The Kier molecular flexibility index (Phi) is 6.40. The molecular weight excluding hydrogens is 278 g/mol. The minimum Gasteiger partial charge on any atom is -0.466 e. The quantitative estimate of drug-likeness (QED) is 0.596. The Bertz CT molecular complexity index is 489. The second-order valence-corrected chi connectivity index (χ2v) is 6.27. The number of hydrogen-bond acceptors (Lipinski definition) is 3. The summed E-state index contributed by atoms with van der Waals surface area (Å²) in [5.74, 6) is 0.470. The Morgan fingerprint density at radius 2 is 2.14 bits per heavy atom. The maximum Gasteiger partial charge on any atom is 0.310 e. The third-order valence-electron chi connectivity index (χ3n) is 4.20. The standard InChI is InChI=1S/C18H27NO3/c1-4-22-18(20)17-10-16(11-19(2)12-17)9-14-6-5-7-15(8-14)13-21-3/h5-8,16-17H,4,9-13H2,1-3H3/p+1. The molecule has 2 unspecified atom stereocenters. The monoisotopic (exact) mass is 306 g/mol. The van der Waals surface area contributed by atoms with Crippen LogP contribution in [0, 0.1) is 11.8 Å². The molecule has 1 aliphatic rings. The van der Waals surface area contributed by atoms with Crippen molar-refractivity contribution in [1.82, 2.24) is 4.90 Å². The van der Waals surface area contributed by atoms with Gasteiger partial charge in [0.2, 0.25) is 0 Å². The van der Waals surface area contributed by atoms with Crippen molar-refractivity contribution in [1.29, 1.82) is 0 Å². The average molecular weight is 306 g/mol. The highest BCUT2D eigenvalue weighted by molar-refractivity contribution is 5.72. The number of esters is 1. The van der Waals surface area contributed by atoms with Crippen LogP contribution in [0.1, 0.15) is 24.5 Å². The zero-order chi connectivity index (χ0) is 15.9. The second kappa shape index (κ2) is 8.30. The smallest absolute Gasteiger partial charge is 0.310 e. The number of nitrogens with zero attached hydrogens (tertiary/aromatic N) is 1. The molecule has 4 nitrogen and oxygen atoms in total. The van der Waals surface area contributed by atoms with Gasteiger partial charge in [-0.1, -0.05) is 18.2 Å². The van der Waals surface area contributed by atoms with Gasteiger partial charge in [-0.05, 0) is 44.4 Å². The van der Waals surface area contributed by atoms with E-state index in [0.717, 1.165) is 32.5 Å². The summed E-state index contributed by atoms with van der Waals surface area (Å²) in [5.41, 5.74) is 2.59. The largest absolute Gasteiger partial charge is 0.466 e. The van der Waals surface area contributed by atoms with E-state index < -0.39 is 0 Å². The summed E-state index contributed by atoms with van der Waals surface area (Å²) in [6.45, 7) is 4.95. The lowest BCUT2D eigenvalue weighted by Crippen LogP contribution is -2.42. The lowest BCUT2D eigenvalue weighted by Gasteiger charge is -2.34. The molecule has 0 saturated carbocycles. The predicted molar refractivity (Wildman–Crippen MR) is 87.7 cm³/mol. The lowest BCUT2D eigenvalue weighted by atomic mass is 9.85. The molecule has 1 heterocycles. The van der Waals surface area contributed by atoms with Gasteiger partial charge < -0.3 is 14.4 Å². The molecule has 2 rings (SSSR count). The fourth-order valence-corrected chi connectivity index (χ4v) is 3.39. The Labute approximate surface area is 133 Å². The third-order valence-corrected chi connectivity index (χ3v) is 4.20. The molecule has 122 valence electrons. The van der Waals surface area contributed by atoms with E-state index in [1.54, 1.807) is 0 Å². The number of carbonyl (C=O) groups excluding carboxylic acids is 1. The second-order valence-electron chi connectivity index (χ2n) is 6.27. The average Bonchev–Trinajstić information content (AvgIpc) is 2.47. The van der Waals surface area contributed by atoms with Crippen molar-refractivity contribution >= 4 is 5.97 Å². The van der Waals surface area contributed by atoms with Crippen LogP contribution in [0.4, 0.5) is 0 Å². The van der Waals surface area contributed by atoms with Gasteiger partial charge in [-0.3, -0.25) is 4.79 Å². The number of ether oxygens (including phenoxy) is 2. The number of hydrogen-bond donors (Lipinski definition) is 0. The van der Waals surface area contributed by atoms with Crippen LogP contribution in [0.2, 0.25) is 0 Å². The van der Waals surface area contributed by atoms with Gasteiger partial charge in [0.05, 0.1) is 12.5 Å². The summed E-state index contributed by atoms with van der Waals surface area (Å²) in [5, 5.41) is 0. The molecule has 0 aliphatic carbocycles. The van der Waals surface area contributed by atoms with E-state index in [9.17, 15) is 4.79 Å². The number of carbonyl (C=O) groups is 1. The van der Waals surface area contributed by atoms with Crippen LogP contribution in [0.15, 0.2) is 24.3 Å². The van der Waals surface area contributed by atoms with Crippen molar-refractivity contribution in [2.75, 3.05) is 33.9 Å². The molecule has 2 atom stereocenters. The van der Waals surface area contributed by atoms with Crippen LogP contribution in [-0.4, -0.2) is 49.5 Å². The molecule has 1 aromatic rings. The SMILES string of the molecule is CCOC(=O)C1CC(Cc2cccc(C[OH+]C)c2)CN(C)C1. The number of aliphatic hydroxyl groups is 2. The zero-order valence-electron chi connectivity index (χ0n) is 13.9. The molecule has 1 saturated heterocycles. The number of likely N-dealkylation sites (tertiary alicyclic amines) is 1. The van der Waals surface area contributed by atoms with E-state index in [4.69, 9.17) is 4.74 Å². The molecule has 0 radical (unpaired) electrons. The third kappa shape index (κ3) is 4.82. The summed E-state index contributed by atoms with van der Waals surface area (Å²) in [6.07, 6.45) is 1.93. The van der Waals surface area contributed by atoms with Gasteiger partial charge in [0, 0.05) is 18.7 Å². The Morgan fingerprint density at radius 3 is 2.86 bits per heavy atom. The first-order valence-electron chi connectivity index (χ1n) is 8.11. The molecule has 0 amide bonds.